The summed E-state index contributed by atoms with van der Waals surface area (Å²) in [5.74, 6) is -0.714. The zero-order valence-electron chi connectivity index (χ0n) is 17.4. The van der Waals surface area contributed by atoms with E-state index in [0.29, 0.717) is 36.4 Å². The van der Waals surface area contributed by atoms with Crippen molar-refractivity contribution in [2.45, 2.75) is 38.8 Å². The summed E-state index contributed by atoms with van der Waals surface area (Å²) >= 11 is 0. The van der Waals surface area contributed by atoms with Gasteiger partial charge in [-0.2, -0.15) is 5.26 Å². The number of hydrogen-bond donors (Lipinski definition) is 2. The van der Waals surface area contributed by atoms with Gasteiger partial charge in [0.15, 0.2) is 0 Å². The smallest absolute Gasteiger partial charge is 0.306 e. The van der Waals surface area contributed by atoms with Gasteiger partial charge in [-0.15, -0.1) is 0 Å². The van der Waals surface area contributed by atoms with E-state index < -0.39 is 5.97 Å². The van der Waals surface area contributed by atoms with Crippen LogP contribution in [0.25, 0.3) is 10.9 Å². The standard InChI is InChI=1S/C25H25N3O3/c1-16(11-19-12-21(13-19)25(30)31)27-24(29)22-4-2-3-20-9-10-28(23(20)22)15-18-7-5-17(14-26)6-8-18/h2-10,16,19,21H,11-13,15H2,1H3,(H,27,29)(H,30,31). The number of nitrogens with zero attached hydrogens (tertiary/aromatic N) is 2. The summed E-state index contributed by atoms with van der Waals surface area (Å²) in [5.41, 5.74) is 3.18. The highest BCUT2D eigenvalue weighted by Gasteiger charge is 2.35. The monoisotopic (exact) mass is 415 g/mol. The molecule has 0 saturated heterocycles. The normalized spacial score (nSPS) is 18.7. The van der Waals surface area contributed by atoms with Crippen LogP contribution in [0.3, 0.4) is 0 Å². The van der Waals surface area contributed by atoms with E-state index >= 15 is 0 Å². The number of aromatic nitrogens is 1. The Morgan fingerprint density at radius 1 is 1.19 bits per heavy atom. The van der Waals surface area contributed by atoms with Gasteiger partial charge in [-0.3, -0.25) is 9.59 Å². The van der Waals surface area contributed by atoms with E-state index in [1.54, 1.807) is 12.1 Å². The minimum absolute atomic E-state index is 0.0237. The number of rotatable bonds is 7. The van der Waals surface area contributed by atoms with Crippen LogP contribution < -0.4 is 5.32 Å². The quantitative estimate of drug-likeness (QED) is 0.605. The molecule has 1 amide bonds. The Labute approximate surface area is 181 Å². The maximum atomic E-state index is 13.1. The lowest BCUT2D eigenvalue weighted by molar-refractivity contribution is -0.146. The second-order valence-corrected chi connectivity index (χ2v) is 8.48. The average Bonchev–Trinajstić information content (AvgIpc) is 3.13. The fourth-order valence-corrected chi connectivity index (χ4v) is 4.45. The van der Waals surface area contributed by atoms with Gasteiger partial charge in [-0.25, -0.2) is 0 Å². The molecule has 1 fully saturated rings. The number of carbonyl (C=O) groups is 2. The summed E-state index contributed by atoms with van der Waals surface area (Å²) in [6.45, 7) is 2.58. The van der Waals surface area contributed by atoms with Crippen molar-refractivity contribution in [3.63, 3.8) is 0 Å². The number of carbonyl (C=O) groups excluding carboxylic acids is 1. The minimum Gasteiger partial charge on any atom is -0.481 e. The molecule has 0 aliphatic heterocycles. The molecular weight excluding hydrogens is 390 g/mol. The van der Waals surface area contributed by atoms with E-state index in [9.17, 15) is 9.59 Å². The third-order valence-corrected chi connectivity index (χ3v) is 6.12. The van der Waals surface area contributed by atoms with Gasteiger partial charge in [0.05, 0.1) is 28.6 Å². The van der Waals surface area contributed by atoms with Gasteiger partial charge in [0.1, 0.15) is 0 Å². The predicted octanol–water partition coefficient (Wildman–Crippen LogP) is 4.18. The molecule has 0 radical (unpaired) electrons. The molecule has 31 heavy (non-hydrogen) atoms. The largest absolute Gasteiger partial charge is 0.481 e. The first-order valence-electron chi connectivity index (χ1n) is 10.5. The van der Waals surface area contributed by atoms with Gasteiger partial charge in [0.25, 0.3) is 5.91 Å². The van der Waals surface area contributed by atoms with Gasteiger partial charge in [-0.1, -0.05) is 24.3 Å². The number of amides is 1. The van der Waals surface area contributed by atoms with E-state index in [4.69, 9.17) is 10.4 Å². The SMILES string of the molecule is CC(CC1CC(C(=O)O)C1)NC(=O)c1cccc2ccn(Cc3ccc(C#N)cc3)c12. The summed E-state index contributed by atoms with van der Waals surface area (Å²) in [5, 5.41) is 22.1. The summed E-state index contributed by atoms with van der Waals surface area (Å²) in [6, 6.07) is 17.3. The third-order valence-electron chi connectivity index (χ3n) is 6.12. The molecule has 0 bridgehead atoms. The second-order valence-electron chi connectivity index (χ2n) is 8.48. The topological polar surface area (TPSA) is 95.1 Å². The van der Waals surface area contributed by atoms with Gasteiger partial charge >= 0.3 is 5.97 Å². The number of nitrogens with one attached hydrogen (secondary N) is 1. The first-order chi connectivity index (χ1) is 14.9. The van der Waals surface area contributed by atoms with Crippen LogP contribution in [0.4, 0.5) is 0 Å². The summed E-state index contributed by atoms with van der Waals surface area (Å²) in [6.07, 6.45) is 4.15. The Morgan fingerprint density at radius 3 is 2.61 bits per heavy atom. The Kier molecular flexibility index (Phi) is 5.77. The number of carboxylic acid groups (broad SMARTS) is 1. The molecule has 4 rings (SSSR count). The van der Waals surface area contributed by atoms with Crippen molar-refractivity contribution in [1.82, 2.24) is 9.88 Å². The van der Waals surface area contributed by atoms with Crippen LogP contribution in [-0.4, -0.2) is 27.6 Å². The van der Waals surface area contributed by atoms with Crippen LogP contribution in [0.1, 0.15) is 47.7 Å². The summed E-state index contributed by atoms with van der Waals surface area (Å²) in [7, 11) is 0. The number of carboxylic acids is 1. The molecule has 6 nitrogen and oxygen atoms in total. The molecule has 1 unspecified atom stereocenters. The first kappa shape index (κ1) is 20.7. The van der Waals surface area contributed by atoms with E-state index in [2.05, 4.69) is 16.0 Å². The molecule has 6 heteroatoms. The third kappa shape index (κ3) is 4.46. The van der Waals surface area contributed by atoms with Crippen molar-refractivity contribution < 1.29 is 14.7 Å². The molecule has 3 aromatic rings. The van der Waals surface area contributed by atoms with E-state index in [1.165, 1.54) is 0 Å². The fourth-order valence-electron chi connectivity index (χ4n) is 4.45. The second kappa shape index (κ2) is 8.65. The van der Waals surface area contributed by atoms with Crippen LogP contribution in [-0.2, 0) is 11.3 Å². The molecule has 1 aliphatic rings. The first-order valence-corrected chi connectivity index (χ1v) is 10.5. The van der Waals surface area contributed by atoms with Crippen LogP contribution in [0.2, 0.25) is 0 Å². The zero-order valence-corrected chi connectivity index (χ0v) is 17.4. The van der Waals surface area contributed by atoms with Crippen molar-refractivity contribution in [1.29, 1.82) is 5.26 Å². The maximum Gasteiger partial charge on any atom is 0.306 e. The van der Waals surface area contributed by atoms with Gasteiger partial charge in [0.2, 0.25) is 0 Å². The molecule has 1 saturated carbocycles. The summed E-state index contributed by atoms with van der Waals surface area (Å²) in [4.78, 5) is 24.0. The van der Waals surface area contributed by atoms with Crippen molar-refractivity contribution >= 4 is 22.8 Å². The highest BCUT2D eigenvalue weighted by molar-refractivity contribution is 6.06. The zero-order chi connectivity index (χ0) is 22.0. The number of benzene rings is 2. The van der Waals surface area contributed by atoms with E-state index in [-0.39, 0.29) is 17.9 Å². The highest BCUT2D eigenvalue weighted by atomic mass is 16.4. The molecule has 1 atom stereocenters. The molecule has 158 valence electrons. The minimum atomic E-state index is -0.720. The van der Waals surface area contributed by atoms with E-state index in [1.807, 2.05) is 49.5 Å². The van der Waals surface area contributed by atoms with Gasteiger partial charge < -0.3 is 15.0 Å². The number of para-hydroxylation sites is 1. The van der Waals surface area contributed by atoms with Crippen LogP contribution in [0.15, 0.2) is 54.7 Å². The number of hydrogen-bond acceptors (Lipinski definition) is 3. The molecular formula is C25H25N3O3. The molecule has 2 N–H and O–H groups in total. The fraction of sp³-hybridized carbons (Fsp3) is 0.320. The Hall–Kier alpha value is -3.59. The van der Waals surface area contributed by atoms with Crippen molar-refractivity contribution in [3.8, 4) is 6.07 Å². The lowest BCUT2D eigenvalue weighted by Crippen LogP contribution is -2.38. The number of fused-ring (bicyclic) bond motifs is 1. The maximum absolute atomic E-state index is 13.1. The molecule has 1 heterocycles. The predicted molar refractivity (Wildman–Crippen MR) is 118 cm³/mol. The van der Waals surface area contributed by atoms with Crippen molar-refractivity contribution in [2.75, 3.05) is 0 Å². The van der Waals surface area contributed by atoms with Crippen molar-refractivity contribution in [2.24, 2.45) is 11.8 Å². The van der Waals surface area contributed by atoms with E-state index in [0.717, 1.165) is 22.9 Å². The van der Waals surface area contributed by atoms with Gasteiger partial charge in [0, 0.05) is 24.2 Å². The van der Waals surface area contributed by atoms with Crippen LogP contribution in [0, 0.1) is 23.2 Å². The average molecular weight is 415 g/mol. The molecule has 0 spiro atoms. The summed E-state index contributed by atoms with van der Waals surface area (Å²) < 4.78 is 2.06. The van der Waals surface area contributed by atoms with Gasteiger partial charge in [-0.05, 0) is 61.9 Å². The van der Waals surface area contributed by atoms with Crippen LogP contribution >= 0.6 is 0 Å². The molecule has 2 aromatic carbocycles. The Morgan fingerprint density at radius 2 is 1.94 bits per heavy atom. The molecule has 1 aliphatic carbocycles. The Bertz CT molecular complexity index is 1150. The lowest BCUT2D eigenvalue weighted by atomic mass is 9.72. The number of aliphatic carboxylic acids is 1. The highest BCUT2D eigenvalue weighted by Crippen LogP contribution is 2.37. The Balaban J connectivity index is 1.48. The van der Waals surface area contributed by atoms with Crippen LogP contribution in [0.5, 0.6) is 0 Å². The van der Waals surface area contributed by atoms with Crippen molar-refractivity contribution in [3.05, 3.63) is 71.4 Å². The molecule has 1 aromatic heterocycles. The number of nitriles is 1. The lowest BCUT2D eigenvalue weighted by Gasteiger charge is -2.34.